The molecule has 1 heterocycles. The maximum atomic E-state index is 10.8. The Labute approximate surface area is 106 Å². The Morgan fingerprint density at radius 1 is 1.33 bits per heavy atom. The number of ketones is 1. The number of ether oxygens (including phenoxy) is 1. The number of aryl methyl sites for hydroxylation is 1. The molecule has 2 rings (SSSR count). The first-order chi connectivity index (χ1) is 8.66. The van der Waals surface area contributed by atoms with Crippen LogP contribution in [0.2, 0.25) is 0 Å². The zero-order valence-electron chi connectivity index (χ0n) is 10.5. The summed E-state index contributed by atoms with van der Waals surface area (Å²) in [5.41, 5.74) is 1.66. The lowest BCUT2D eigenvalue weighted by atomic mass is 10.2. The molecule has 0 aliphatic rings. The van der Waals surface area contributed by atoms with Gasteiger partial charge in [0.1, 0.15) is 18.1 Å². The highest BCUT2D eigenvalue weighted by Gasteiger charge is 2.11. The number of nitrogens with zero attached hydrogens (tertiary/aromatic N) is 1. The zero-order valence-corrected chi connectivity index (χ0v) is 10.5. The molecule has 1 aromatic heterocycles. The van der Waals surface area contributed by atoms with Gasteiger partial charge in [-0.1, -0.05) is 18.2 Å². The van der Waals surface area contributed by atoms with E-state index in [0.29, 0.717) is 12.5 Å². The predicted molar refractivity (Wildman–Crippen MR) is 67.0 cm³/mol. The lowest BCUT2D eigenvalue weighted by Gasteiger charge is -1.97. The molecule has 0 radical (unpaired) electrons. The molecule has 0 fully saturated rings. The minimum Gasteiger partial charge on any atom is -0.441 e. The largest absolute Gasteiger partial charge is 0.441 e. The van der Waals surface area contributed by atoms with Crippen LogP contribution < -0.4 is 0 Å². The monoisotopic (exact) mass is 245 g/mol. The summed E-state index contributed by atoms with van der Waals surface area (Å²) < 4.78 is 10.8. The minimum absolute atomic E-state index is 0.000527. The van der Waals surface area contributed by atoms with Gasteiger partial charge in [0, 0.05) is 5.56 Å². The predicted octanol–water partition coefficient (Wildman–Crippen LogP) is 2.76. The number of carbonyl (C=O) groups excluding carboxylic acids is 1. The van der Waals surface area contributed by atoms with Gasteiger partial charge in [0.25, 0.3) is 0 Å². The second-order valence-electron chi connectivity index (χ2n) is 4.08. The van der Waals surface area contributed by atoms with Crippen LogP contribution in [0, 0.1) is 6.92 Å². The van der Waals surface area contributed by atoms with Crippen LogP contribution in [0.5, 0.6) is 0 Å². The Bertz CT molecular complexity index is 531. The van der Waals surface area contributed by atoms with Gasteiger partial charge in [-0.2, -0.15) is 0 Å². The molecular formula is C14H15NO3. The average molecular weight is 245 g/mol. The second-order valence-corrected chi connectivity index (χ2v) is 4.08. The maximum absolute atomic E-state index is 10.8. The van der Waals surface area contributed by atoms with E-state index in [2.05, 4.69) is 4.98 Å². The van der Waals surface area contributed by atoms with Crippen LogP contribution in [0.4, 0.5) is 0 Å². The lowest BCUT2D eigenvalue weighted by molar-refractivity contribution is -0.121. The van der Waals surface area contributed by atoms with Crippen molar-refractivity contribution >= 4 is 5.78 Å². The molecule has 94 valence electrons. The first-order valence-corrected chi connectivity index (χ1v) is 5.75. The molecule has 2 aromatic rings. The van der Waals surface area contributed by atoms with Crippen molar-refractivity contribution in [2.24, 2.45) is 0 Å². The molecule has 0 amide bonds. The molecule has 4 nitrogen and oxygen atoms in total. The van der Waals surface area contributed by atoms with E-state index in [9.17, 15) is 4.79 Å². The van der Waals surface area contributed by atoms with Crippen LogP contribution in [0.15, 0.2) is 34.7 Å². The van der Waals surface area contributed by atoms with Crippen LogP contribution in [-0.4, -0.2) is 17.4 Å². The molecule has 1 aromatic carbocycles. The highest BCUT2D eigenvalue weighted by atomic mass is 16.5. The van der Waals surface area contributed by atoms with Gasteiger partial charge in [0.15, 0.2) is 5.78 Å². The van der Waals surface area contributed by atoms with Crippen molar-refractivity contribution in [2.45, 2.75) is 20.5 Å². The van der Waals surface area contributed by atoms with Gasteiger partial charge >= 0.3 is 0 Å². The van der Waals surface area contributed by atoms with E-state index in [4.69, 9.17) is 9.15 Å². The van der Waals surface area contributed by atoms with E-state index >= 15 is 0 Å². The third-order valence-corrected chi connectivity index (χ3v) is 2.46. The highest BCUT2D eigenvalue weighted by molar-refractivity contribution is 5.76. The summed E-state index contributed by atoms with van der Waals surface area (Å²) in [5, 5.41) is 0. The smallest absolute Gasteiger partial charge is 0.226 e. The molecule has 0 aliphatic carbocycles. The van der Waals surface area contributed by atoms with Crippen LogP contribution in [0.3, 0.4) is 0 Å². The van der Waals surface area contributed by atoms with Gasteiger partial charge in [0.05, 0.1) is 6.61 Å². The van der Waals surface area contributed by atoms with Crippen molar-refractivity contribution in [3.8, 4) is 11.5 Å². The van der Waals surface area contributed by atoms with Crippen molar-refractivity contribution in [2.75, 3.05) is 6.61 Å². The summed E-state index contributed by atoms with van der Waals surface area (Å²) in [6.45, 7) is 3.73. The summed E-state index contributed by atoms with van der Waals surface area (Å²) in [6, 6.07) is 9.68. The Morgan fingerprint density at radius 3 is 2.72 bits per heavy atom. The van der Waals surface area contributed by atoms with E-state index in [0.717, 1.165) is 17.0 Å². The van der Waals surface area contributed by atoms with Gasteiger partial charge in [-0.15, -0.1) is 0 Å². The SMILES string of the molecule is CC(=O)COCc1nc(-c2ccccc2)oc1C. The van der Waals surface area contributed by atoms with Gasteiger partial charge in [-0.3, -0.25) is 4.79 Å². The Morgan fingerprint density at radius 2 is 2.06 bits per heavy atom. The molecule has 0 saturated heterocycles. The van der Waals surface area contributed by atoms with Crippen molar-refractivity contribution in [1.82, 2.24) is 4.98 Å². The number of hydrogen-bond donors (Lipinski definition) is 0. The fraction of sp³-hybridized carbons (Fsp3) is 0.286. The first-order valence-electron chi connectivity index (χ1n) is 5.75. The van der Waals surface area contributed by atoms with E-state index in [1.165, 1.54) is 6.92 Å². The number of aromatic nitrogens is 1. The molecule has 0 saturated carbocycles. The number of Topliss-reactive ketones (excluding diaryl/α,β-unsaturated/α-hetero) is 1. The summed E-state index contributed by atoms with van der Waals surface area (Å²) in [5.74, 6) is 1.30. The number of rotatable bonds is 5. The van der Waals surface area contributed by atoms with E-state index < -0.39 is 0 Å². The number of carbonyl (C=O) groups is 1. The Balaban J connectivity index is 2.10. The average Bonchev–Trinajstić information content (AvgIpc) is 2.72. The minimum atomic E-state index is -0.000527. The van der Waals surface area contributed by atoms with Gasteiger partial charge in [-0.05, 0) is 26.0 Å². The van der Waals surface area contributed by atoms with Crippen molar-refractivity contribution in [3.63, 3.8) is 0 Å². The van der Waals surface area contributed by atoms with E-state index in [1.807, 2.05) is 37.3 Å². The van der Waals surface area contributed by atoms with Gasteiger partial charge < -0.3 is 9.15 Å². The van der Waals surface area contributed by atoms with Crippen LogP contribution in [0.1, 0.15) is 18.4 Å². The van der Waals surface area contributed by atoms with E-state index in [1.54, 1.807) is 0 Å². The number of hydrogen-bond acceptors (Lipinski definition) is 4. The Hall–Kier alpha value is -1.94. The normalized spacial score (nSPS) is 10.6. The molecule has 0 unspecified atom stereocenters. The molecule has 0 spiro atoms. The fourth-order valence-corrected chi connectivity index (χ4v) is 1.56. The van der Waals surface area contributed by atoms with Gasteiger partial charge in [-0.25, -0.2) is 4.98 Å². The molecule has 4 heteroatoms. The Kier molecular flexibility index (Phi) is 3.89. The summed E-state index contributed by atoms with van der Waals surface area (Å²) in [4.78, 5) is 15.2. The number of oxazole rings is 1. The standard InChI is InChI=1S/C14H15NO3/c1-10(16)8-17-9-13-11(2)18-14(15-13)12-6-4-3-5-7-12/h3-7H,8-9H2,1-2H3. The van der Waals surface area contributed by atoms with Crippen molar-refractivity contribution in [1.29, 1.82) is 0 Å². The second kappa shape index (κ2) is 5.60. The first kappa shape index (κ1) is 12.5. The molecule has 0 bridgehead atoms. The third kappa shape index (κ3) is 3.05. The zero-order chi connectivity index (χ0) is 13.0. The van der Waals surface area contributed by atoms with Crippen molar-refractivity contribution in [3.05, 3.63) is 41.8 Å². The van der Waals surface area contributed by atoms with Crippen molar-refractivity contribution < 1.29 is 13.9 Å². The van der Waals surface area contributed by atoms with Crippen LogP contribution in [-0.2, 0) is 16.1 Å². The quantitative estimate of drug-likeness (QED) is 0.812. The lowest BCUT2D eigenvalue weighted by Crippen LogP contribution is -2.04. The summed E-state index contributed by atoms with van der Waals surface area (Å²) in [6.07, 6.45) is 0. The molecular weight excluding hydrogens is 230 g/mol. The number of benzene rings is 1. The summed E-state index contributed by atoms with van der Waals surface area (Å²) in [7, 11) is 0. The topological polar surface area (TPSA) is 52.3 Å². The summed E-state index contributed by atoms with van der Waals surface area (Å²) >= 11 is 0. The van der Waals surface area contributed by atoms with Crippen LogP contribution >= 0.6 is 0 Å². The third-order valence-electron chi connectivity index (χ3n) is 2.46. The van der Waals surface area contributed by atoms with Gasteiger partial charge in [0.2, 0.25) is 5.89 Å². The molecule has 0 aliphatic heterocycles. The maximum Gasteiger partial charge on any atom is 0.226 e. The van der Waals surface area contributed by atoms with E-state index in [-0.39, 0.29) is 12.4 Å². The highest BCUT2D eigenvalue weighted by Crippen LogP contribution is 2.21. The van der Waals surface area contributed by atoms with Crippen LogP contribution in [0.25, 0.3) is 11.5 Å². The molecule has 0 N–H and O–H groups in total. The fourth-order valence-electron chi connectivity index (χ4n) is 1.56. The molecule has 0 atom stereocenters. The molecule has 18 heavy (non-hydrogen) atoms.